The Balaban J connectivity index is 1.54. The van der Waals surface area contributed by atoms with Crippen molar-refractivity contribution in [1.29, 1.82) is 0 Å². The largest absolute Gasteiger partial charge is 0.478 e. The van der Waals surface area contributed by atoms with Crippen LogP contribution in [0.3, 0.4) is 0 Å². The van der Waals surface area contributed by atoms with Crippen LogP contribution in [-0.4, -0.2) is 21.4 Å². The molecule has 0 bridgehead atoms. The van der Waals surface area contributed by atoms with Gasteiger partial charge in [0, 0.05) is 29.4 Å². The predicted molar refractivity (Wildman–Crippen MR) is 144 cm³/mol. The second-order valence-electron chi connectivity index (χ2n) is 8.68. The summed E-state index contributed by atoms with van der Waals surface area (Å²) < 4.78 is 33.2. The van der Waals surface area contributed by atoms with Crippen LogP contribution in [-0.2, 0) is 13.0 Å². The van der Waals surface area contributed by atoms with Crippen molar-refractivity contribution < 1.29 is 23.5 Å². The van der Waals surface area contributed by atoms with Crippen molar-refractivity contribution in [3.63, 3.8) is 0 Å². The first-order valence-corrected chi connectivity index (χ1v) is 12.7. The molecule has 9 heteroatoms. The molecule has 38 heavy (non-hydrogen) atoms. The minimum atomic E-state index is -1.04. The number of fused-ring (bicyclic) bond motifs is 1. The molecular weight excluding hydrogens is 530 g/mol. The van der Waals surface area contributed by atoms with Gasteiger partial charge < -0.3 is 10.4 Å². The van der Waals surface area contributed by atoms with Crippen molar-refractivity contribution in [2.45, 2.75) is 13.0 Å². The van der Waals surface area contributed by atoms with Crippen LogP contribution in [0.5, 0.6) is 0 Å². The Labute approximate surface area is 225 Å². The van der Waals surface area contributed by atoms with Crippen LogP contribution in [0, 0.1) is 11.6 Å². The molecule has 5 rings (SSSR count). The molecule has 0 unspecified atom stereocenters. The summed E-state index contributed by atoms with van der Waals surface area (Å²) in [6.07, 6.45) is 0.436. The number of aromatic nitrogens is 1. The predicted octanol–water partition coefficient (Wildman–Crippen LogP) is 7.11. The normalized spacial score (nSPS) is 11.0. The van der Waals surface area contributed by atoms with Gasteiger partial charge in [-0.15, -0.1) is 0 Å². The van der Waals surface area contributed by atoms with Gasteiger partial charge in [0.15, 0.2) is 0 Å². The van der Waals surface area contributed by atoms with Crippen molar-refractivity contribution in [1.82, 2.24) is 9.69 Å². The van der Waals surface area contributed by atoms with Gasteiger partial charge in [0.1, 0.15) is 11.6 Å². The minimum absolute atomic E-state index is 0.145. The molecule has 5 aromatic rings. The molecular formula is C29H19ClF2N2O3S. The summed E-state index contributed by atoms with van der Waals surface area (Å²) in [5.74, 6) is -2.88. The van der Waals surface area contributed by atoms with Crippen LogP contribution in [0.25, 0.3) is 21.2 Å². The van der Waals surface area contributed by atoms with Crippen molar-refractivity contribution in [2.24, 2.45) is 0 Å². The highest BCUT2D eigenvalue weighted by molar-refractivity contribution is 7.13. The Hall–Kier alpha value is -4.14. The van der Waals surface area contributed by atoms with Gasteiger partial charge in [-0.05, 0) is 82.3 Å². The molecule has 1 heterocycles. The van der Waals surface area contributed by atoms with Crippen LogP contribution in [0.15, 0.2) is 78.9 Å². The second-order valence-corrected chi connectivity index (χ2v) is 9.92. The maximum atomic E-state index is 14.0. The zero-order chi connectivity index (χ0) is 26.8. The summed E-state index contributed by atoms with van der Waals surface area (Å²) >= 11 is 7.35. The van der Waals surface area contributed by atoms with Crippen LogP contribution in [0.4, 0.5) is 8.78 Å². The molecule has 0 aliphatic carbocycles. The average Bonchev–Trinajstić information content (AvgIpc) is 3.29. The van der Waals surface area contributed by atoms with Crippen molar-refractivity contribution in [2.75, 3.05) is 0 Å². The molecule has 0 radical (unpaired) electrons. The lowest BCUT2D eigenvalue weighted by Crippen LogP contribution is -2.23. The van der Waals surface area contributed by atoms with E-state index < -0.39 is 23.5 Å². The molecule has 4 aromatic carbocycles. The van der Waals surface area contributed by atoms with E-state index in [-0.39, 0.29) is 12.1 Å². The van der Waals surface area contributed by atoms with E-state index in [2.05, 4.69) is 9.69 Å². The average molecular weight is 549 g/mol. The molecule has 0 aliphatic rings. The Morgan fingerprint density at radius 3 is 2.29 bits per heavy atom. The number of benzene rings is 4. The summed E-state index contributed by atoms with van der Waals surface area (Å²) in [5.41, 5.74) is 3.55. The van der Waals surface area contributed by atoms with Crippen molar-refractivity contribution >= 4 is 45.1 Å². The van der Waals surface area contributed by atoms with Gasteiger partial charge in [0.05, 0.1) is 21.5 Å². The Morgan fingerprint density at radius 2 is 1.61 bits per heavy atom. The lowest BCUT2D eigenvalue weighted by Gasteiger charge is -2.11. The number of aromatic carboxylic acids is 1. The number of carbonyl (C=O) groups excluding carboxylic acids is 1. The number of carbonyl (C=O) groups is 2. The van der Waals surface area contributed by atoms with Crippen LogP contribution < -0.4 is 5.32 Å². The van der Waals surface area contributed by atoms with Gasteiger partial charge in [-0.25, -0.2) is 13.6 Å². The zero-order valence-corrected chi connectivity index (χ0v) is 21.2. The molecule has 0 fully saturated rings. The molecule has 1 amide bonds. The fourth-order valence-electron chi connectivity index (χ4n) is 4.20. The number of hydrogen-bond acceptors (Lipinski definition) is 4. The Kier molecular flexibility index (Phi) is 7.18. The van der Waals surface area contributed by atoms with E-state index >= 15 is 0 Å². The summed E-state index contributed by atoms with van der Waals surface area (Å²) in [6.45, 7) is 0.153. The molecule has 2 N–H and O–H groups in total. The van der Waals surface area contributed by atoms with Gasteiger partial charge in [-0.2, -0.15) is 4.37 Å². The molecule has 0 spiro atoms. The van der Waals surface area contributed by atoms with E-state index in [1.807, 2.05) is 18.2 Å². The quantitative estimate of drug-likeness (QED) is 0.227. The number of halogens is 3. The van der Waals surface area contributed by atoms with E-state index in [1.165, 1.54) is 35.8 Å². The Morgan fingerprint density at radius 1 is 0.895 bits per heavy atom. The third-order valence-electron chi connectivity index (χ3n) is 6.00. The molecule has 0 atom stereocenters. The number of nitrogens with one attached hydrogen (secondary N) is 1. The monoisotopic (exact) mass is 548 g/mol. The van der Waals surface area contributed by atoms with E-state index in [9.17, 15) is 18.4 Å². The lowest BCUT2D eigenvalue weighted by molar-refractivity contribution is 0.0696. The number of nitrogens with zero attached hydrogens (tertiary/aromatic N) is 1. The van der Waals surface area contributed by atoms with Gasteiger partial charge in [-0.3, -0.25) is 4.79 Å². The van der Waals surface area contributed by atoms with Crippen LogP contribution in [0.2, 0.25) is 5.02 Å². The number of carboxylic acids is 1. The fourth-order valence-corrected chi connectivity index (χ4v) is 5.28. The van der Waals surface area contributed by atoms with Crippen molar-refractivity contribution in [3.8, 4) is 11.1 Å². The summed E-state index contributed by atoms with van der Waals surface area (Å²) in [6, 6.07) is 20.1. The van der Waals surface area contributed by atoms with E-state index in [1.54, 1.807) is 30.3 Å². The molecule has 0 saturated carbocycles. The number of hydrogen-bond donors (Lipinski definition) is 2. The molecule has 0 saturated heterocycles. The Bertz CT molecular complexity index is 1670. The highest BCUT2D eigenvalue weighted by Gasteiger charge is 2.19. The molecule has 190 valence electrons. The first-order chi connectivity index (χ1) is 18.3. The van der Waals surface area contributed by atoms with E-state index in [4.69, 9.17) is 16.7 Å². The minimum Gasteiger partial charge on any atom is -0.478 e. The third-order valence-corrected chi connectivity index (χ3v) is 7.07. The zero-order valence-electron chi connectivity index (χ0n) is 19.7. The van der Waals surface area contributed by atoms with Crippen LogP contribution >= 0.6 is 23.1 Å². The highest BCUT2D eigenvalue weighted by Crippen LogP contribution is 2.34. The number of rotatable bonds is 7. The summed E-state index contributed by atoms with van der Waals surface area (Å²) in [5, 5.41) is 13.2. The topological polar surface area (TPSA) is 79.3 Å². The SMILES string of the molecule is O=C(O)c1ccc(CNC(=O)c2cc(-c3cc(F)cc(F)c3)cc3snc(Cc4cccc(Cl)c4)c23)cc1. The van der Waals surface area contributed by atoms with Gasteiger partial charge in [0.25, 0.3) is 5.91 Å². The van der Waals surface area contributed by atoms with Crippen LogP contribution in [0.1, 0.15) is 37.5 Å². The fraction of sp³-hybridized carbons (Fsp3) is 0.0690. The highest BCUT2D eigenvalue weighted by atomic mass is 35.5. The maximum absolute atomic E-state index is 14.0. The summed E-state index contributed by atoms with van der Waals surface area (Å²) in [4.78, 5) is 24.6. The maximum Gasteiger partial charge on any atom is 0.335 e. The van der Waals surface area contributed by atoms with E-state index in [0.29, 0.717) is 49.5 Å². The second kappa shape index (κ2) is 10.7. The molecule has 0 aliphatic heterocycles. The van der Waals surface area contributed by atoms with Gasteiger partial charge in [0.2, 0.25) is 0 Å². The summed E-state index contributed by atoms with van der Waals surface area (Å²) in [7, 11) is 0. The standard InChI is InChI=1S/C29H19ClF2N2O3S/c30-21-3-1-2-17(8-21)9-25-27-24(28(35)33-15-16-4-6-18(7-5-16)29(36)37)12-20(13-26(27)38-34-25)19-10-22(31)14-23(32)11-19/h1-8,10-14H,9,15H2,(H,33,35)(H,36,37). The molecule has 1 aromatic heterocycles. The smallest absolute Gasteiger partial charge is 0.335 e. The third kappa shape index (κ3) is 5.56. The number of amides is 1. The van der Waals surface area contributed by atoms with Crippen molar-refractivity contribution in [3.05, 3.63) is 123 Å². The lowest BCUT2D eigenvalue weighted by atomic mass is 9.97. The molecule has 5 nitrogen and oxygen atoms in total. The van der Waals surface area contributed by atoms with Gasteiger partial charge in [-0.1, -0.05) is 35.9 Å². The first-order valence-electron chi connectivity index (χ1n) is 11.5. The van der Waals surface area contributed by atoms with Gasteiger partial charge >= 0.3 is 5.97 Å². The number of carboxylic acid groups (broad SMARTS) is 1. The van der Waals surface area contributed by atoms with E-state index in [0.717, 1.165) is 11.6 Å². The first kappa shape index (κ1) is 25.5.